The van der Waals surface area contributed by atoms with Gasteiger partial charge in [-0.1, -0.05) is 30.5 Å². The second kappa shape index (κ2) is 11.3. The number of nitrogens with one attached hydrogen (secondary N) is 1. The van der Waals surface area contributed by atoms with Gasteiger partial charge in [0.2, 0.25) is 15.9 Å². The fourth-order valence-corrected chi connectivity index (χ4v) is 5.59. The molecule has 10 heteroatoms. The number of anilines is 1. The van der Waals surface area contributed by atoms with Crippen LogP contribution in [-0.4, -0.2) is 57.3 Å². The number of amides is 1. The fourth-order valence-electron chi connectivity index (χ4n) is 3.82. The standard InChI is InChI=1S/C23H29ClFN3O4S/c1-27(15-18-19(24)8-7-9-20(18)25)16-23(29)26-21-14-17(10-11-22(21)32-2)33(30,31)28-12-5-3-4-6-13-28/h7-11,14H,3-6,12-13,15-16H2,1-2H3,(H,26,29). The van der Waals surface area contributed by atoms with E-state index in [0.717, 1.165) is 25.7 Å². The van der Waals surface area contributed by atoms with Crippen molar-refractivity contribution in [3.63, 3.8) is 0 Å². The molecule has 1 saturated heterocycles. The van der Waals surface area contributed by atoms with Gasteiger partial charge in [-0.2, -0.15) is 4.31 Å². The molecular weight excluding hydrogens is 469 g/mol. The lowest BCUT2D eigenvalue weighted by atomic mass is 10.2. The lowest BCUT2D eigenvalue weighted by Gasteiger charge is -2.21. The Kier molecular flexibility index (Phi) is 8.69. The van der Waals surface area contributed by atoms with E-state index >= 15 is 0 Å². The molecule has 0 unspecified atom stereocenters. The van der Waals surface area contributed by atoms with Crippen LogP contribution < -0.4 is 10.1 Å². The van der Waals surface area contributed by atoms with E-state index in [2.05, 4.69) is 5.32 Å². The summed E-state index contributed by atoms with van der Waals surface area (Å²) in [4.78, 5) is 14.4. The molecule has 1 heterocycles. The van der Waals surface area contributed by atoms with Gasteiger partial charge in [0.15, 0.2) is 0 Å². The third-order valence-electron chi connectivity index (χ3n) is 5.55. The van der Waals surface area contributed by atoms with Crippen molar-refractivity contribution in [1.29, 1.82) is 0 Å². The lowest BCUT2D eigenvalue weighted by molar-refractivity contribution is -0.117. The molecule has 0 spiro atoms. The van der Waals surface area contributed by atoms with E-state index in [4.69, 9.17) is 16.3 Å². The summed E-state index contributed by atoms with van der Waals surface area (Å²) in [7, 11) is -0.571. The molecule has 1 N–H and O–H groups in total. The van der Waals surface area contributed by atoms with Gasteiger partial charge >= 0.3 is 0 Å². The van der Waals surface area contributed by atoms with Gasteiger partial charge in [0.25, 0.3) is 0 Å². The summed E-state index contributed by atoms with van der Waals surface area (Å²) in [6.45, 7) is 1.05. The molecule has 0 aromatic heterocycles. The Balaban J connectivity index is 1.73. The van der Waals surface area contributed by atoms with Crippen molar-refractivity contribution < 1.29 is 22.3 Å². The second-order valence-electron chi connectivity index (χ2n) is 8.10. The molecule has 1 fully saturated rings. The van der Waals surface area contributed by atoms with Crippen LogP contribution in [-0.2, 0) is 21.4 Å². The van der Waals surface area contributed by atoms with E-state index in [0.29, 0.717) is 24.4 Å². The van der Waals surface area contributed by atoms with Crippen molar-refractivity contribution in [2.24, 2.45) is 0 Å². The molecule has 1 amide bonds. The largest absolute Gasteiger partial charge is 0.495 e. The Hall–Kier alpha value is -2.20. The Morgan fingerprint density at radius 3 is 2.52 bits per heavy atom. The van der Waals surface area contributed by atoms with Crippen molar-refractivity contribution in [1.82, 2.24) is 9.21 Å². The topological polar surface area (TPSA) is 79.0 Å². The average molecular weight is 498 g/mol. The summed E-state index contributed by atoms with van der Waals surface area (Å²) in [6.07, 6.45) is 3.69. The molecule has 180 valence electrons. The van der Waals surface area contributed by atoms with Crippen molar-refractivity contribution in [2.45, 2.75) is 37.1 Å². The van der Waals surface area contributed by atoms with Crippen molar-refractivity contribution in [3.05, 3.63) is 52.8 Å². The van der Waals surface area contributed by atoms with Gasteiger partial charge in [-0.3, -0.25) is 9.69 Å². The van der Waals surface area contributed by atoms with E-state index in [1.54, 1.807) is 18.0 Å². The van der Waals surface area contributed by atoms with Crippen LogP contribution in [0.4, 0.5) is 10.1 Å². The summed E-state index contributed by atoms with van der Waals surface area (Å²) in [6, 6.07) is 8.87. The Morgan fingerprint density at radius 2 is 1.88 bits per heavy atom. The zero-order valence-electron chi connectivity index (χ0n) is 18.8. The predicted molar refractivity (Wildman–Crippen MR) is 127 cm³/mol. The molecule has 1 aliphatic heterocycles. The predicted octanol–water partition coefficient (Wildman–Crippen LogP) is 4.12. The maximum absolute atomic E-state index is 14.0. The highest BCUT2D eigenvalue weighted by Gasteiger charge is 2.26. The van der Waals surface area contributed by atoms with Crippen LogP contribution in [0.15, 0.2) is 41.3 Å². The molecule has 33 heavy (non-hydrogen) atoms. The maximum atomic E-state index is 14.0. The van der Waals surface area contributed by atoms with E-state index in [9.17, 15) is 17.6 Å². The molecule has 0 radical (unpaired) electrons. The Morgan fingerprint density at radius 1 is 1.18 bits per heavy atom. The number of carbonyl (C=O) groups excluding carboxylic acids is 1. The van der Waals surface area contributed by atoms with Crippen LogP contribution in [0.25, 0.3) is 0 Å². The molecule has 7 nitrogen and oxygen atoms in total. The van der Waals surface area contributed by atoms with Crippen LogP contribution in [0.1, 0.15) is 31.2 Å². The first-order valence-electron chi connectivity index (χ1n) is 10.8. The number of hydrogen-bond acceptors (Lipinski definition) is 5. The second-order valence-corrected chi connectivity index (χ2v) is 10.4. The van der Waals surface area contributed by atoms with E-state index in [1.807, 2.05) is 0 Å². The highest BCUT2D eigenvalue weighted by Crippen LogP contribution is 2.30. The number of hydrogen-bond donors (Lipinski definition) is 1. The first-order valence-corrected chi connectivity index (χ1v) is 12.6. The molecule has 0 atom stereocenters. The van der Waals surface area contributed by atoms with Crippen molar-refractivity contribution in [2.75, 3.05) is 39.1 Å². The lowest BCUT2D eigenvalue weighted by Crippen LogP contribution is -2.32. The summed E-state index contributed by atoms with van der Waals surface area (Å²) >= 11 is 6.07. The third-order valence-corrected chi connectivity index (χ3v) is 7.80. The first kappa shape index (κ1) is 25.4. The summed E-state index contributed by atoms with van der Waals surface area (Å²) in [5.41, 5.74) is 0.563. The number of methoxy groups -OCH3 is 1. The van der Waals surface area contributed by atoms with Gasteiger partial charge < -0.3 is 10.1 Å². The first-order chi connectivity index (χ1) is 15.7. The number of benzene rings is 2. The van der Waals surface area contributed by atoms with Crippen LogP contribution in [0.2, 0.25) is 5.02 Å². The highest BCUT2D eigenvalue weighted by atomic mass is 35.5. The van der Waals surface area contributed by atoms with Gasteiger partial charge in [0, 0.05) is 30.2 Å². The van der Waals surface area contributed by atoms with Gasteiger partial charge in [-0.05, 0) is 50.2 Å². The van der Waals surface area contributed by atoms with E-state index in [1.165, 1.54) is 41.7 Å². The molecule has 0 bridgehead atoms. The minimum Gasteiger partial charge on any atom is -0.495 e. The molecule has 1 aliphatic rings. The number of ether oxygens (including phenoxy) is 1. The molecule has 2 aromatic carbocycles. The monoisotopic (exact) mass is 497 g/mol. The zero-order chi connectivity index (χ0) is 24.0. The number of halogens is 2. The minimum absolute atomic E-state index is 0.0586. The quantitative estimate of drug-likeness (QED) is 0.593. The maximum Gasteiger partial charge on any atom is 0.243 e. The zero-order valence-corrected chi connectivity index (χ0v) is 20.4. The number of nitrogens with zero attached hydrogens (tertiary/aromatic N) is 2. The smallest absolute Gasteiger partial charge is 0.243 e. The van der Waals surface area contributed by atoms with Gasteiger partial charge in [0.1, 0.15) is 11.6 Å². The summed E-state index contributed by atoms with van der Waals surface area (Å²) < 4.78 is 47.1. The fraction of sp³-hybridized carbons (Fsp3) is 0.435. The molecule has 3 rings (SSSR count). The molecule has 0 saturated carbocycles. The van der Waals surface area contributed by atoms with Crippen LogP contribution in [0.5, 0.6) is 5.75 Å². The van der Waals surface area contributed by atoms with Gasteiger partial charge in [0.05, 0.1) is 24.2 Å². The van der Waals surface area contributed by atoms with Crippen molar-refractivity contribution in [3.8, 4) is 5.75 Å². The normalized spacial score (nSPS) is 15.3. The number of rotatable bonds is 8. The van der Waals surface area contributed by atoms with Gasteiger partial charge in [-0.25, -0.2) is 12.8 Å². The van der Waals surface area contributed by atoms with Crippen molar-refractivity contribution >= 4 is 33.2 Å². The number of carbonyl (C=O) groups is 1. The molecular formula is C23H29ClFN3O4S. The van der Waals surface area contributed by atoms with E-state index in [-0.39, 0.29) is 28.7 Å². The van der Waals surface area contributed by atoms with Crippen LogP contribution >= 0.6 is 11.6 Å². The number of likely N-dealkylation sites (N-methyl/N-ethyl adjacent to an activating group) is 1. The minimum atomic E-state index is -3.68. The highest BCUT2D eigenvalue weighted by molar-refractivity contribution is 7.89. The van der Waals surface area contributed by atoms with Gasteiger partial charge in [-0.15, -0.1) is 0 Å². The summed E-state index contributed by atoms with van der Waals surface area (Å²) in [5, 5.41) is 3.01. The molecule has 2 aromatic rings. The Labute approximate surface area is 199 Å². The van der Waals surface area contributed by atoms with E-state index < -0.39 is 21.7 Å². The SMILES string of the molecule is COc1ccc(S(=O)(=O)N2CCCCCC2)cc1NC(=O)CN(C)Cc1c(F)cccc1Cl. The average Bonchev–Trinajstić information content (AvgIpc) is 3.06. The molecule has 0 aliphatic carbocycles. The summed E-state index contributed by atoms with van der Waals surface area (Å²) in [5.74, 6) is -0.492. The third kappa shape index (κ3) is 6.44. The number of sulfonamides is 1. The Bertz CT molecular complexity index is 1070. The van der Waals surface area contributed by atoms with Crippen LogP contribution in [0, 0.1) is 5.82 Å². The van der Waals surface area contributed by atoms with Crippen LogP contribution in [0.3, 0.4) is 0 Å².